The maximum atomic E-state index is 13.2. The van der Waals surface area contributed by atoms with E-state index in [1.807, 2.05) is 0 Å². The van der Waals surface area contributed by atoms with Crippen LogP contribution in [0.2, 0.25) is 0 Å². The fourth-order valence-electron chi connectivity index (χ4n) is 2.44. The van der Waals surface area contributed by atoms with Crippen LogP contribution in [0.3, 0.4) is 0 Å². The van der Waals surface area contributed by atoms with E-state index in [9.17, 15) is 4.39 Å². The number of rotatable bonds is 4. The van der Waals surface area contributed by atoms with Crippen molar-refractivity contribution in [1.29, 1.82) is 0 Å². The Morgan fingerprint density at radius 2 is 2.11 bits per heavy atom. The normalized spacial score (nSPS) is 15.3. The van der Waals surface area contributed by atoms with Gasteiger partial charge in [-0.1, -0.05) is 30.7 Å². The summed E-state index contributed by atoms with van der Waals surface area (Å²) in [4.78, 5) is 0. The van der Waals surface area contributed by atoms with Gasteiger partial charge in [-0.25, -0.2) is 4.39 Å². The van der Waals surface area contributed by atoms with E-state index in [0.29, 0.717) is 18.1 Å². The van der Waals surface area contributed by atoms with Gasteiger partial charge in [0.2, 0.25) is 0 Å². The molecule has 0 heterocycles. The molecule has 1 N–H and O–H groups in total. The van der Waals surface area contributed by atoms with Crippen molar-refractivity contribution in [3.63, 3.8) is 0 Å². The molecule has 1 saturated carbocycles. The zero-order valence-electron chi connectivity index (χ0n) is 11.0. The standard InChI is InChI=1S/C16H19FO2/c17-16-8-7-15(14(10-16)6-3-9-18)12-19-11-13-4-1-2-5-13/h7-8,10,13,18H,1-2,4-5,9,11-12H2. The highest BCUT2D eigenvalue weighted by Crippen LogP contribution is 2.25. The van der Waals surface area contributed by atoms with Crippen molar-refractivity contribution >= 4 is 0 Å². The van der Waals surface area contributed by atoms with Gasteiger partial charge in [0.15, 0.2) is 0 Å². The highest BCUT2D eigenvalue weighted by molar-refractivity contribution is 5.41. The highest BCUT2D eigenvalue weighted by Gasteiger charge is 2.15. The fourth-order valence-corrected chi connectivity index (χ4v) is 2.44. The maximum Gasteiger partial charge on any atom is 0.124 e. The molecule has 0 atom stereocenters. The smallest absolute Gasteiger partial charge is 0.124 e. The third kappa shape index (κ3) is 4.34. The van der Waals surface area contributed by atoms with E-state index >= 15 is 0 Å². The molecule has 1 aliphatic carbocycles. The average molecular weight is 262 g/mol. The molecule has 0 aliphatic heterocycles. The molecule has 1 aliphatic rings. The molecule has 0 saturated heterocycles. The second-order valence-corrected chi connectivity index (χ2v) is 4.93. The highest BCUT2D eigenvalue weighted by atomic mass is 19.1. The van der Waals surface area contributed by atoms with Crippen molar-refractivity contribution in [1.82, 2.24) is 0 Å². The third-order valence-corrected chi connectivity index (χ3v) is 3.46. The van der Waals surface area contributed by atoms with Gasteiger partial charge in [-0.05, 0) is 36.5 Å². The van der Waals surface area contributed by atoms with Gasteiger partial charge in [0.05, 0.1) is 6.61 Å². The molecule has 0 unspecified atom stereocenters. The number of hydrogen-bond donors (Lipinski definition) is 1. The zero-order valence-corrected chi connectivity index (χ0v) is 11.0. The summed E-state index contributed by atoms with van der Waals surface area (Å²) in [6.07, 6.45) is 5.11. The van der Waals surface area contributed by atoms with E-state index in [4.69, 9.17) is 9.84 Å². The lowest BCUT2D eigenvalue weighted by Gasteiger charge is -2.11. The van der Waals surface area contributed by atoms with Crippen LogP contribution in [0.5, 0.6) is 0 Å². The summed E-state index contributed by atoms with van der Waals surface area (Å²) in [5.74, 6) is 5.66. The molecule has 0 radical (unpaired) electrons. The van der Waals surface area contributed by atoms with E-state index in [-0.39, 0.29) is 12.4 Å². The van der Waals surface area contributed by atoms with Gasteiger partial charge in [-0.2, -0.15) is 0 Å². The van der Waals surface area contributed by atoms with Crippen molar-refractivity contribution in [3.8, 4) is 11.8 Å². The van der Waals surface area contributed by atoms with Crippen molar-refractivity contribution in [3.05, 3.63) is 35.1 Å². The van der Waals surface area contributed by atoms with Crippen LogP contribution in [-0.2, 0) is 11.3 Å². The Morgan fingerprint density at radius 1 is 1.32 bits per heavy atom. The van der Waals surface area contributed by atoms with E-state index in [1.54, 1.807) is 6.07 Å². The first-order valence-electron chi connectivity index (χ1n) is 6.75. The number of benzene rings is 1. The van der Waals surface area contributed by atoms with Crippen LogP contribution in [0.25, 0.3) is 0 Å². The van der Waals surface area contributed by atoms with Crippen LogP contribution in [0.4, 0.5) is 4.39 Å². The number of aliphatic hydroxyl groups is 1. The second kappa shape index (κ2) is 7.28. The van der Waals surface area contributed by atoms with Crippen LogP contribution >= 0.6 is 0 Å². The molecule has 1 aromatic rings. The third-order valence-electron chi connectivity index (χ3n) is 3.46. The number of halogens is 1. The van der Waals surface area contributed by atoms with Crippen LogP contribution in [0.15, 0.2) is 18.2 Å². The summed E-state index contributed by atoms with van der Waals surface area (Å²) in [5.41, 5.74) is 1.47. The number of aliphatic hydroxyl groups excluding tert-OH is 1. The molecule has 1 aromatic carbocycles. The van der Waals surface area contributed by atoms with Crippen LogP contribution in [-0.4, -0.2) is 18.3 Å². The van der Waals surface area contributed by atoms with Gasteiger partial charge >= 0.3 is 0 Å². The lowest BCUT2D eigenvalue weighted by atomic mass is 10.1. The van der Waals surface area contributed by atoms with E-state index in [1.165, 1.54) is 37.8 Å². The van der Waals surface area contributed by atoms with Crippen LogP contribution in [0.1, 0.15) is 36.8 Å². The SMILES string of the molecule is OCC#Cc1cc(F)ccc1COCC1CCCC1. The van der Waals surface area contributed by atoms with Crippen LogP contribution in [0, 0.1) is 23.6 Å². The maximum absolute atomic E-state index is 13.2. The zero-order chi connectivity index (χ0) is 13.5. The predicted molar refractivity (Wildman–Crippen MR) is 72.0 cm³/mol. The predicted octanol–water partition coefficient (Wildman–Crippen LogP) is 2.88. The summed E-state index contributed by atoms with van der Waals surface area (Å²) >= 11 is 0. The first kappa shape index (κ1) is 14.0. The molecule has 1 fully saturated rings. The van der Waals surface area contributed by atoms with Crippen molar-refractivity contribution < 1.29 is 14.2 Å². The minimum Gasteiger partial charge on any atom is -0.384 e. The molecule has 102 valence electrons. The van der Waals surface area contributed by atoms with Gasteiger partial charge in [-0.3, -0.25) is 0 Å². The lowest BCUT2D eigenvalue weighted by molar-refractivity contribution is 0.0887. The molecular weight excluding hydrogens is 243 g/mol. The van der Waals surface area contributed by atoms with E-state index in [0.717, 1.165) is 12.2 Å². The van der Waals surface area contributed by atoms with Gasteiger partial charge in [0, 0.05) is 12.2 Å². The number of ether oxygens (including phenoxy) is 1. The summed E-state index contributed by atoms with van der Waals surface area (Å²) in [6, 6.07) is 4.50. The van der Waals surface area contributed by atoms with E-state index in [2.05, 4.69) is 11.8 Å². The summed E-state index contributed by atoms with van der Waals surface area (Å²) in [7, 11) is 0. The molecule has 0 amide bonds. The molecule has 0 bridgehead atoms. The first-order valence-corrected chi connectivity index (χ1v) is 6.75. The van der Waals surface area contributed by atoms with Crippen molar-refractivity contribution in [2.45, 2.75) is 32.3 Å². The van der Waals surface area contributed by atoms with Crippen LogP contribution < -0.4 is 0 Å². The molecule has 3 heteroatoms. The summed E-state index contributed by atoms with van der Waals surface area (Å²) in [5, 5.41) is 8.71. The Bertz CT molecular complexity index is 467. The van der Waals surface area contributed by atoms with Gasteiger partial charge in [0.25, 0.3) is 0 Å². The van der Waals surface area contributed by atoms with Gasteiger partial charge in [-0.15, -0.1) is 0 Å². The molecule has 0 spiro atoms. The van der Waals surface area contributed by atoms with Gasteiger partial charge < -0.3 is 9.84 Å². The monoisotopic (exact) mass is 262 g/mol. The largest absolute Gasteiger partial charge is 0.384 e. The molecule has 2 nitrogen and oxygen atoms in total. The molecule has 2 rings (SSSR count). The Hall–Kier alpha value is -1.37. The summed E-state index contributed by atoms with van der Waals surface area (Å²) in [6.45, 7) is 0.995. The van der Waals surface area contributed by atoms with E-state index < -0.39 is 0 Å². The molecule has 0 aromatic heterocycles. The molecule has 19 heavy (non-hydrogen) atoms. The lowest BCUT2D eigenvalue weighted by Crippen LogP contribution is -2.06. The Kier molecular flexibility index (Phi) is 5.38. The second-order valence-electron chi connectivity index (χ2n) is 4.93. The minimum absolute atomic E-state index is 0.223. The quantitative estimate of drug-likeness (QED) is 0.845. The fraction of sp³-hybridized carbons (Fsp3) is 0.500. The number of hydrogen-bond acceptors (Lipinski definition) is 2. The van der Waals surface area contributed by atoms with Gasteiger partial charge in [0.1, 0.15) is 12.4 Å². The first-order chi connectivity index (χ1) is 9.29. The Labute approximate surface area is 113 Å². The topological polar surface area (TPSA) is 29.5 Å². The Morgan fingerprint density at radius 3 is 2.84 bits per heavy atom. The summed E-state index contributed by atoms with van der Waals surface area (Å²) < 4.78 is 18.9. The Balaban J connectivity index is 1.94. The molecular formula is C16H19FO2. The minimum atomic E-state index is -0.318. The van der Waals surface area contributed by atoms with Crippen molar-refractivity contribution in [2.24, 2.45) is 5.92 Å². The van der Waals surface area contributed by atoms with Crippen molar-refractivity contribution in [2.75, 3.05) is 13.2 Å². The average Bonchev–Trinajstić information content (AvgIpc) is 2.91.